The van der Waals surface area contributed by atoms with Gasteiger partial charge in [-0.2, -0.15) is 0 Å². The molecule has 0 aliphatic rings. The van der Waals surface area contributed by atoms with Crippen LogP contribution in [0.4, 0.5) is 11.4 Å². The fraction of sp³-hybridized carbons (Fsp3) is 0.417. The van der Waals surface area contributed by atoms with Gasteiger partial charge in [0.05, 0.1) is 7.11 Å². The molecule has 29 heavy (non-hydrogen) atoms. The number of unbranched alkanes of at least 4 members (excludes halogenated alkanes) is 3. The van der Waals surface area contributed by atoms with E-state index in [0.29, 0.717) is 18.5 Å². The molecule has 0 aromatic heterocycles. The van der Waals surface area contributed by atoms with E-state index in [4.69, 9.17) is 0 Å². The number of nitrogens with one attached hydrogen (secondary N) is 1. The van der Waals surface area contributed by atoms with Crippen molar-refractivity contribution in [2.45, 2.75) is 46.0 Å². The Kier molecular flexibility index (Phi) is 8.71. The summed E-state index contributed by atoms with van der Waals surface area (Å²) in [6.07, 6.45) is 4.19. The second-order valence-corrected chi connectivity index (χ2v) is 7.44. The Bertz CT molecular complexity index is 795. The summed E-state index contributed by atoms with van der Waals surface area (Å²) in [6.45, 7) is 4.87. The van der Waals surface area contributed by atoms with Gasteiger partial charge < -0.3 is 15.0 Å². The first kappa shape index (κ1) is 22.5. The molecular formula is C24H32N2O3. The molecular weight excluding hydrogens is 364 g/mol. The molecule has 5 nitrogen and oxygen atoms in total. The van der Waals surface area contributed by atoms with E-state index in [1.165, 1.54) is 18.2 Å². The van der Waals surface area contributed by atoms with Crippen LogP contribution >= 0.6 is 0 Å². The van der Waals surface area contributed by atoms with Gasteiger partial charge in [-0.15, -0.1) is 0 Å². The molecule has 1 N–H and O–H groups in total. The number of hydrogen-bond donors (Lipinski definition) is 1. The lowest BCUT2D eigenvalue weighted by Gasteiger charge is -2.18. The second-order valence-electron chi connectivity index (χ2n) is 7.44. The summed E-state index contributed by atoms with van der Waals surface area (Å²) in [6, 6.07) is 13.8. The van der Waals surface area contributed by atoms with Gasteiger partial charge in [0.1, 0.15) is 0 Å². The molecule has 0 unspecified atom stereocenters. The van der Waals surface area contributed by atoms with Gasteiger partial charge in [-0.25, -0.2) is 0 Å². The quantitative estimate of drug-likeness (QED) is 0.441. The van der Waals surface area contributed by atoms with Gasteiger partial charge >= 0.3 is 5.97 Å². The van der Waals surface area contributed by atoms with Crippen LogP contribution in [0, 0.1) is 13.8 Å². The van der Waals surface area contributed by atoms with Crippen molar-refractivity contribution in [3.8, 4) is 0 Å². The van der Waals surface area contributed by atoms with Gasteiger partial charge in [0.25, 0.3) is 5.91 Å². The molecule has 0 saturated heterocycles. The SMILES string of the molecule is COC(=O)CCCCCCN(C)C(=O)c1ccc(Nc2c(C)cccc2C)cc1. The Morgan fingerprint density at radius 2 is 1.55 bits per heavy atom. The fourth-order valence-electron chi connectivity index (χ4n) is 3.25. The van der Waals surface area contributed by atoms with Crippen molar-refractivity contribution in [3.05, 3.63) is 59.2 Å². The maximum atomic E-state index is 12.6. The van der Waals surface area contributed by atoms with Crippen LogP contribution in [0.1, 0.15) is 53.6 Å². The molecule has 0 fully saturated rings. The van der Waals surface area contributed by atoms with Crippen molar-refractivity contribution >= 4 is 23.3 Å². The van der Waals surface area contributed by atoms with Gasteiger partial charge in [0.2, 0.25) is 0 Å². The predicted octanol–water partition coefficient (Wildman–Crippen LogP) is 5.24. The number of methoxy groups -OCH3 is 1. The number of benzene rings is 2. The van der Waals surface area contributed by atoms with Crippen molar-refractivity contribution in [2.24, 2.45) is 0 Å². The standard InChI is InChI=1S/C24H32N2O3/c1-18-10-9-11-19(2)23(18)25-21-15-13-20(14-16-21)24(28)26(3)17-8-6-5-7-12-22(27)29-4/h9-11,13-16,25H,5-8,12,17H2,1-4H3. The number of carbonyl (C=O) groups is 2. The molecule has 0 heterocycles. The highest BCUT2D eigenvalue weighted by molar-refractivity contribution is 5.94. The summed E-state index contributed by atoms with van der Waals surface area (Å²) in [5.41, 5.74) is 5.14. The normalized spacial score (nSPS) is 10.5. The van der Waals surface area contributed by atoms with E-state index in [9.17, 15) is 9.59 Å². The van der Waals surface area contributed by atoms with E-state index < -0.39 is 0 Å². The van der Waals surface area contributed by atoms with Gasteiger partial charge in [-0.05, 0) is 62.1 Å². The molecule has 5 heteroatoms. The van der Waals surface area contributed by atoms with E-state index in [0.717, 1.165) is 37.1 Å². The minimum atomic E-state index is -0.159. The molecule has 0 spiro atoms. The van der Waals surface area contributed by atoms with Gasteiger partial charge in [-0.1, -0.05) is 31.0 Å². The summed E-state index contributed by atoms with van der Waals surface area (Å²) in [5, 5.41) is 3.44. The number of esters is 1. The maximum Gasteiger partial charge on any atom is 0.305 e. The number of amides is 1. The zero-order valence-corrected chi connectivity index (χ0v) is 18.0. The predicted molar refractivity (Wildman–Crippen MR) is 118 cm³/mol. The average molecular weight is 397 g/mol. The van der Waals surface area contributed by atoms with Crippen LogP contribution in [-0.4, -0.2) is 37.5 Å². The summed E-state index contributed by atoms with van der Waals surface area (Å²) in [4.78, 5) is 25.5. The number of ether oxygens (including phenoxy) is 1. The maximum absolute atomic E-state index is 12.6. The highest BCUT2D eigenvalue weighted by Crippen LogP contribution is 2.24. The molecule has 0 atom stereocenters. The molecule has 0 bridgehead atoms. The molecule has 0 radical (unpaired) electrons. The Hall–Kier alpha value is -2.82. The first-order chi connectivity index (χ1) is 13.9. The third-order valence-electron chi connectivity index (χ3n) is 5.08. The van der Waals surface area contributed by atoms with Crippen molar-refractivity contribution in [3.63, 3.8) is 0 Å². The lowest BCUT2D eigenvalue weighted by Crippen LogP contribution is -2.27. The van der Waals surface area contributed by atoms with Crippen LogP contribution < -0.4 is 5.32 Å². The molecule has 2 aromatic carbocycles. The van der Waals surface area contributed by atoms with Crippen molar-refractivity contribution in [2.75, 3.05) is 26.0 Å². The topological polar surface area (TPSA) is 58.6 Å². The number of anilines is 2. The summed E-state index contributed by atoms with van der Waals surface area (Å²) in [5.74, 6) is -0.133. The zero-order valence-electron chi connectivity index (χ0n) is 18.0. The van der Waals surface area contributed by atoms with Crippen molar-refractivity contribution in [1.29, 1.82) is 0 Å². The molecule has 0 aliphatic heterocycles. The van der Waals surface area contributed by atoms with E-state index in [-0.39, 0.29) is 11.9 Å². The second kappa shape index (κ2) is 11.2. The highest BCUT2D eigenvalue weighted by atomic mass is 16.5. The highest BCUT2D eigenvalue weighted by Gasteiger charge is 2.11. The van der Waals surface area contributed by atoms with E-state index >= 15 is 0 Å². The molecule has 156 valence electrons. The Balaban J connectivity index is 1.81. The van der Waals surface area contributed by atoms with Gasteiger partial charge in [0.15, 0.2) is 0 Å². The van der Waals surface area contributed by atoms with Crippen LogP contribution in [-0.2, 0) is 9.53 Å². The van der Waals surface area contributed by atoms with Crippen LogP contribution in [0.25, 0.3) is 0 Å². The van der Waals surface area contributed by atoms with E-state index in [1.807, 2.05) is 37.4 Å². The number of nitrogens with zero attached hydrogens (tertiary/aromatic N) is 1. The van der Waals surface area contributed by atoms with Crippen LogP contribution in [0.3, 0.4) is 0 Å². The smallest absolute Gasteiger partial charge is 0.305 e. The first-order valence-corrected chi connectivity index (χ1v) is 10.2. The van der Waals surface area contributed by atoms with Crippen LogP contribution in [0.5, 0.6) is 0 Å². The largest absolute Gasteiger partial charge is 0.469 e. The lowest BCUT2D eigenvalue weighted by atomic mass is 10.1. The van der Waals surface area contributed by atoms with Crippen molar-refractivity contribution in [1.82, 2.24) is 4.90 Å². The Morgan fingerprint density at radius 1 is 0.931 bits per heavy atom. The Morgan fingerprint density at radius 3 is 2.17 bits per heavy atom. The molecule has 2 rings (SSSR count). The average Bonchev–Trinajstić information content (AvgIpc) is 2.72. The Labute approximate surface area is 174 Å². The third kappa shape index (κ3) is 6.93. The van der Waals surface area contributed by atoms with E-state index in [2.05, 4.69) is 36.0 Å². The van der Waals surface area contributed by atoms with Crippen LogP contribution in [0.2, 0.25) is 0 Å². The third-order valence-corrected chi connectivity index (χ3v) is 5.08. The van der Waals surface area contributed by atoms with E-state index in [1.54, 1.807) is 4.90 Å². The fourth-order valence-corrected chi connectivity index (χ4v) is 3.25. The first-order valence-electron chi connectivity index (χ1n) is 10.2. The molecule has 0 saturated carbocycles. The van der Waals surface area contributed by atoms with Gasteiger partial charge in [-0.3, -0.25) is 9.59 Å². The minimum absolute atomic E-state index is 0.0261. The number of aryl methyl sites for hydroxylation is 2. The van der Waals surface area contributed by atoms with Crippen molar-refractivity contribution < 1.29 is 14.3 Å². The molecule has 2 aromatic rings. The molecule has 1 amide bonds. The number of rotatable bonds is 10. The van der Waals surface area contributed by atoms with Gasteiger partial charge in [0, 0.05) is 37.0 Å². The minimum Gasteiger partial charge on any atom is -0.469 e. The lowest BCUT2D eigenvalue weighted by molar-refractivity contribution is -0.140. The zero-order chi connectivity index (χ0) is 21.2. The monoisotopic (exact) mass is 396 g/mol. The summed E-state index contributed by atoms with van der Waals surface area (Å²) in [7, 11) is 3.24. The number of hydrogen-bond acceptors (Lipinski definition) is 4. The summed E-state index contributed by atoms with van der Waals surface area (Å²) >= 11 is 0. The van der Waals surface area contributed by atoms with Crippen LogP contribution in [0.15, 0.2) is 42.5 Å². The summed E-state index contributed by atoms with van der Waals surface area (Å²) < 4.78 is 4.63. The number of carbonyl (C=O) groups excluding carboxylic acids is 2. The number of para-hydroxylation sites is 1. The molecule has 0 aliphatic carbocycles.